The second-order valence-corrected chi connectivity index (χ2v) is 6.89. The van der Waals surface area contributed by atoms with Crippen LogP contribution in [0.5, 0.6) is 0 Å². The summed E-state index contributed by atoms with van der Waals surface area (Å²) >= 11 is 0. The molecule has 1 amide bonds. The first-order valence-corrected chi connectivity index (χ1v) is 9.24. The molecule has 0 fully saturated rings. The Morgan fingerprint density at radius 1 is 1.08 bits per heavy atom. The minimum atomic E-state index is 0.141. The van der Waals surface area contributed by atoms with Gasteiger partial charge in [0.15, 0.2) is 0 Å². The zero-order valence-corrected chi connectivity index (χ0v) is 15.5. The van der Waals surface area contributed by atoms with Crippen LogP contribution in [0.4, 0.5) is 0 Å². The highest BCUT2D eigenvalue weighted by atomic mass is 16.2. The highest BCUT2D eigenvalue weighted by molar-refractivity contribution is 5.83. The van der Waals surface area contributed by atoms with Gasteiger partial charge in [-0.3, -0.25) is 4.79 Å². The van der Waals surface area contributed by atoms with E-state index in [2.05, 4.69) is 60.7 Å². The molecule has 26 heavy (non-hydrogen) atoms. The molecular formula is C22H27N3O. The number of amides is 1. The number of para-hydroxylation sites is 1. The maximum Gasteiger partial charge on any atom is 0.237 e. The van der Waals surface area contributed by atoms with Crippen LogP contribution in [0.25, 0.3) is 10.9 Å². The third-order valence-corrected chi connectivity index (χ3v) is 4.66. The lowest BCUT2D eigenvalue weighted by atomic mass is 10.1. The Bertz CT molecular complexity index is 839. The van der Waals surface area contributed by atoms with Gasteiger partial charge in [0.05, 0.1) is 6.54 Å². The molecule has 1 aromatic heterocycles. The number of hydrogen-bond acceptors (Lipinski definition) is 2. The van der Waals surface area contributed by atoms with Crippen molar-refractivity contribution in [3.05, 3.63) is 71.9 Å². The summed E-state index contributed by atoms with van der Waals surface area (Å²) in [6, 6.07) is 18.6. The van der Waals surface area contributed by atoms with Crippen molar-refractivity contribution in [2.45, 2.75) is 32.9 Å². The fraction of sp³-hybridized carbons (Fsp3) is 0.318. The molecular weight excluding hydrogens is 322 g/mol. The highest BCUT2D eigenvalue weighted by Crippen LogP contribution is 2.17. The molecule has 2 N–H and O–H groups in total. The van der Waals surface area contributed by atoms with Gasteiger partial charge >= 0.3 is 0 Å². The molecule has 0 saturated carbocycles. The molecule has 3 aromatic rings. The van der Waals surface area contributed by atoms with Gasteiger partial charge in [-0.25, -0.2) is 0 Å². The van der Waals surface area contributed by atoms with Crippen LogP contribution in [0.3, 0.4) is 0 Å². The Morgan fingerprint density at radius 2 is 1.81 bits per heavy atom. The Morgan fingerprint density at radius 3 is 2.58 bits per heavy atom. The van der Waals surface area contributed by atoms with Gasteiger partial charge in [-0.2, -0.15) is 0 Å². The second kappa shape index (κ2) is 8.68. The summed E-state index contributed by atoms with van der Waals surface area (Å²) < 4.78 is 0. The van der Waals surface area contributed by atoms with E-state index in [0.29, 0.717) is 13.1 Å². The molecule has 1 heterocycles. The van der Waals surface area contributed by atoms with Gasteiger partial charge in [-0.15, -0.1) is 0 Å². The van der Waals surface area contributed by atoms with Crippen LogP contribution in [0.2, 0.25) is 0 Å². The first-order chi connectivity index (χ1) is 12.6. The van der Waals surface area contributed by atoms with E-state index in [1.54, 1.807) is 0 Å². The summed E-state index contributed by atoms with van der Waals surface area (Å²) in [5.41, 5.74) is 3.60. The zero-order chi connectivity index (χ0) is 18.4. The summed E-state index contributed by atoms with van der Waals surface area (Å²) in [6.45, 7) is 5.93. The fourth-order valence-electron chi connectivity index (χ4n) is 3.20. The first-order valence-electron chi connectivity index (χ1n) is 9.24. The van der Waals surface area contributed by atoms with E-state index in [0.717, 1.165) is 24.0 Å². The van der Waals surface area contributed by atoms with Crippen LogP contribution in [-0.2, 0) is 17.8 Å². The van der Waals surface area contributed by atoms with Crippen LogP contribution in [0.1, 0.15) is 25.0 Å². The van der Waals surface area contributed by atoms with Gasteiger partial charge in [0.25, 0.3) is 0 Å². The van der Waals surface area contributed by atoms with Gasteiger partial charge in [0.2, 0.25) is 5.91 Å². The number of nitrogens with zero attached hydrogens (tertiary/aromatic N) is 1. The highest BCUT2D eigenvalue weighted by Gasteiger charge is 2.16. The van der Waals surface area contributed by atoms with Gasteiger partial charge in [0, 0.05) is 29.7 Å². The van der Waals surface area contributed by atoms with Crippen LogP contribution in [0.15, 0.2) is 60.8 Å². The summed E-state index contributed by atoms with van der Waals surface area (Å²) in [7, 11) is 0. The van der Waals surface area contributed by atoms with Crippen molar-refractivity contribution in [3.8, 4) is 0 Å². The molecule has 0 atom stereocenters. The number of benzene rings is 2. The largest absolute Gasteiger partial charge is 0.361 e. The maximum atomic E-state index is 12.6. The quantitative estimate of drug-likeness (QED) is 0.609. The van der Waals surface area contributed by atoms with Crippen molar-refractivity contribution in [1.82, 2.24) is 15.2 Å². The van der Waals surface area contributed by atoms with E-state index in [1.165, 1.54) is 10.9 Å². The Hall–Kier alpha value is -2.59. The van der Waals surface area contributed by atoms with Crippen molar-refractivity contribution >= 4 is 16.8 Å². The monoisotopic (exact) mass is 349 g/mol. The van der Waals surface area contributed by atoms with E-state index in [4.69, 9.17) is 0 Å². The minimum absolute atomic E-state index is 0.141. The molecule has 0 unspecified atom stereocenters. The lowest BCUT2D eigenvalue weighted by Gasteiger charge is -2.27. The molecule has 136 valence electrons. The number of fused-ring (bicyclic) bond motifs is 1. The van der Waals surface area contributed by atoms with Crippen molar-refractivity contribution in [2.75, 3.05) is 13.1 Å². The summed E-state index contributed by atoms with van der Waals surface area (Å²) in [6.07, 6.45) is 2.96. The van der Waals surface area contributed by atoms with E-state index in [1.807, 2.05) is 29.2 Å². The van der Waals surface area contributed by atoms with Crippen LogP contribution < -0.4 is 5.32 Å². The molecule has 0 radical (unpaired) electrons. The number of aromatic amines is 1. The fourth-order valence-corrected chi connectivity index (χ4v) is 3.20. The van der Waals surface area contributed by atoms with E-state index in [-0.39, 0.29) is 11.9 Å². The Labute approximate surface area is 155 Å². The Balaban J connectivity index is 1.50. The average Bonchev–Trinajstić information content (AvgIpc) is 3.07. The molecule has 0 aliphatic carbocycles. The number of H-pyrrole nitrogens is 1. The third kappa shape index (κ3) is 4.52. The van der Waals surface area contributed by atoms with Crippen molar-refractivity contribution in [3.63, 3.8) is 0 Å². The van der Waals surface area contributed by atoms with Crippen LogP contribution in [-0.4, -0.2) is 34.9 Å². The Kier molecular flexibility index (Phi) is 6.08. The minimum Gasteiger partial charge on any atom is -0.361 e. The number of rotatable bonds is 8. The van der Waals surface area contributed by atoms with Crippen LogP contribution in [0, 0.1) is 0 Å². The molecule has 3 rings (SSSR count). The molecule has 0 bridgehead atoms. The normalized spacial score (nSPS) is 11.2. The number of carbonyl (C=O) groups is 1. The molecule has 2 aromatic carbocycles. The zero-order valence-electron chi connectivity index (χ0n) is 15.5. The lowest BCUT2D eigenvalue weighted by molar-refractivity contribution is -0.132. The first kappa shape index (κ1) is 18.2. The topological polar surface area (TPSA) is 48.1 Å². The van der Waals surface area contributed by atoms with Crippen molar-refractivity contribution < 1.29 is 4.79 Å². The summed E-state index contributed by atoms with van der Waals surface area (Å²) in [4.78, 5) is 17.8. The lowest BCUT2D eigenvalue weighted by Crippen LogP contribution is -2.42. The second-order valence-electron chi connectivity index (χ2n) is 6.89. The summed E-state index contributed by atoms with van der Waals surface area (Å²) in [5.74, 6) is 0.141. The van der Waals surface area contributed by atoms with Gasteiger partial charge in [-0.1, -0.05) is 48.5 Å². The molecule has 0 aliphatic heterocycles. The third-order valence-electron chi connectivity index (χ3n) is 4.66. The molecule has 0 aliphatic rings. The van der Waals surface area contributed by atoms with Gasteiger partial charge in [-0.05, 0) is 44.0 Å². The maximum absolute atomic E-state index is 12.6. The van der Waals surface area contributed by atoms with Gasteiger partial charge < -0.3 is 15.2 Å². The smallest absolute Gasteiger partial charge is 0.237 e. The molecule has 4 nitrogen and oxygen atoms in total. The predicted molar refractivity (Wildman–Crippen MR) is 107 cm³/mol. The molecule has 0 saturated heterocycles. The van der Waals surface area contributed by atoms with Crippen LogP contribution >= 0.6 is 0 Å². The van der Waals surface area contributed by atoms with E-state index >= 15 is 0 Å². The standard InChI is InChI=1S/C22H27N3O/c1-17(2)25(16-18-8-4-3-5-9-18)22(26)15-23-13-12-19-14-24-21-11-7-6-10-20(19)21/h3-11,14,17,23-24H,12-13,15-16H2,1-2H3. The molecule has 4 heteroatoms. The number of carbonyl (C=O) groups excluding carboxylic acids is 1. The van der Waals surface area contributed by atoms with Crippen molar-refractivity contribution in [2.24, 2.45) is 0 Å². The SMILES string of the molecule is CC(C)N(Cc1ccccc1)C(=O)CNCCc1c[nH]c2ccccc12. The number of nitrogens with one attached hydrogen (secondary N) is 2. The average molecular weight is 349 g/mol. The summed E-state index contributed by atoms with van der Waals surface area (Å²) in [5, 5.41) is 4.56. The van der Waals surface area contributed by atoms with E-state index < -0.39 is 0 Å². The van der Waals surface area contributed by atoms with Gasteiger partial charge in [0.1, 0.15) is 0 Å². The molecule has 0 spiro atoms. The van der Waals surface area contributed by atoms with Crippen molar-refractivity contribution in [1.29, 1.82) is 0 Å². The number of aromatic nitrogens is 1. The van der Waals surface area contributed by atoms with E-state index in [9.17, 15) is 4.79 Å². The predicted octanol–water partition coefficient (Wildman–Crippen LogP) is 3.74. The number of hydrogen-bond donors (Lipinski definition) is 2.